The number of halogens is 2. The van der Waals surface area contributed by atoms with Gasteiger partial charge in [-0.05, 0) is 32.4 Å². The molecule has 2 atom stereocenters. The number of nitrogens with zero attached hydrogens (tertiary/aromatic N) is 4. The lowest BCUT2D eigenvalue weighted by atomic mass is 10.1. The van der Waals surface area contributed by atoms with Gasteiger partial charge in [0.2, 0.25) is 0 Å². The van der Waals surface area contributed by atoms with Gasteiger partial charge in [0.25, 0.3) is 5.56 Å². The minimum Gasteiger partial charge on any atom is -0.353 e. The first kappa shape index (κ1) is 18.7. The maximum Gasteiger partial charge on any atom is 0.263 e. The molecule has 2 saturated heterocycles. The van der Waals surface area contributed by atoms with E-state index in [1.807, 2.05) is 13.8 Å². The Kier molecular flexibility index (Phi) is 4.93. The maximum absolute atomic E-state index is 13.2. The second-order valence-electron chi connectivity index (χ2n) is 7.41. The van der Waals surface area contributed by atoms with Gasteiger partial charge in [-0.2, -0.15) is 0 Å². The number of anilines is 1. The predicted molar refractivity (Wildman–Crippen MR) is 109 cm³/mol. The van der Waals surface area contributed by atoms with Gasteiger partial charge in [-0.15, -0.1) is 0 Å². The first-order chi connectivity index (χ1) is 12.9. The molecule has 2 unspecified atom stereocenters. The van der Waals surface area contributed by atoms with E-state index >= 15 is 0 Å². The van der Waals surface area contributed by atoms with Crippen molar-refractivity contribution in [1.29, 1.82) is 0 Å². The van der Waals surface area contributed by atoms with Gasteiger partial charge in [0.05, 0.1) is 21.3 Å². The number of hydrogen-bond donors (Lipinski definition) is 1. The zero-order valence-electron chi connectivity index (χ0n) is 15.5. The van der Waals surface area contributed by atoms with Crippen molar-refractivity contribution < 1.29 is 0 Å². The van der Waals surface area contributed by atoms with E-state index in [0.717, 1.165) is 38.4 Å². The van der Waals surface area contributed by atoms with E-state index in [4.69, 9.17) is 33.9 Å². The summed E-state index contributed by atoms with van der Waals surface area (Å²) < 4.78 is 1.54. The van der Waals surface area contributed by atoms with Crippen LogP contribution in [0.5, 0.6) is 0 Å². The summed E-state index contributed by atoms with van der Waals surface area (Å²) in [6.07, 6.45) is 0.990. The Morgan fingerprint density at radius 3 is 2.74 bits per heavy atom. The number of rotatable bonds is 2. The third kappa shape index (κ3) is 3.25. The van der Waals surface area contributed by atoms with Crippen LogP contribution in [-0.4, -0.2) is 52.7 Å². The van der Waals surface area contributed by atoms with Gasteiger partial charge in [-0.1, -0.05) is 29.3 Å². The summed E-state index contributed by atoms with van der Waals surface area (Å²) in [6.45, 7) is 7.25. The lowest BCUT2D eigenvalue weighted by molar-refractivity contribution is 0.229. The van der Waals surface area contributed by atoms with Crippen LogP contribution in [0.3, 0.4) is 0 Å². The van der Waals surface area contributed by atoms with Gasteiger partial charge >= 0.3 is 0 Å². The zero-order valence-corrected chi connectivity index (χ0v) is 17.0. The molecule has 3 heterocycles. The Balaban J connectivity index is 1.73. The normalized spacial score (nSPS) is 22.9. The number of aryl methyl sites for hydroxylation is 1. The van der Waals surface area contributed by atoms with Crippen LogP contribution in [0.4, 0.5) is 5.82 Å². The molecule has 0 spiro atoms. The number of aromatic nitrogens is 2. The van der Waals surface area contributed by atoms with E-state index in [9.17, 15) is 4.79 Å². The van der Waals surface area contributed by atoms with Crippen LogP contribution in [0.2, 0.25) is 10.0 Å². The highest BCUT2D eigenvalue weighted by Crippen LogP contribution is 2.30. The highest BCUT2D eigenvalue weighted by atomic mass is 35.5. The largest absolute Gasteiger partial charge is 0.353 e. The molecule has 0 bridgehead atoms. The van der Waals surface area contributed by atoms with Crippen LogP contribution >= 0.6 is 23.2 Å². The Labute approximate surface area is 168 Å². The Hall–Kier alpha value is -1.60. The van der Waals surface area contributed by atoms with Crippen molar-refractivity contribution in [2.24, 2.45) is 5.73 Å². The summed E-state index contributed by atoms with van der Waals surface area (Å²) in [7, 11) is 0. The molecule has 2 aliphatic rings. The Bertz CT molecular complexity index is 944. The van der Waals surface area contributed by atoms with E-state index in [2.05, 4.69) is 9.80 Å². The first-order valence-electron chi connectivity index (χ1n) is 9.16. The van der Waals surface area contributed by atoms with E-state index in [-0.39, 0.29) is 11.6 Å². The van der Waals surface area contributed by atoms with Gasteiger partial charge in [0.15, 0.2) is 0 Å². The molecule has 1 aromatic heterocycles. The maximum atomic E-state index is 13.2. The van der Waals surface area contributed by atoms with Crippen LogP contribution < -0.4 is 16.2 Å². The molecule has 6 nitrogen and oxygen atoms in total. The number of hydrogen-bond acceptors (Lipinski definition) is 5. The van der Waals surface area contributed by atoms with Gasteiger partial charge < -0.3 is 10.6 Å². The van der Waals surface area contributed by atoms with Gasteiger partial charge in [-0.3, -0.25) is 14.3 Å². The lowest BCUT2D eigenvalue weighted by Crippen LogP contribution is -2.51. The first-order valence-corrected chi connectivity index (χ1v) is 9.91. The van der Waals surface area contributed by atoms with Crippen LogP contribution in [0.25, 0.3) is 5.69 Å². The van der Waals surface area contributed by atoms with Crippen LogP contribution in [-0.2, 0) is 0 Å². The average Bonchev–Trinajstić information content (AvgIpc) is 3.01. The molecular weight excluding hydrogens is 385 g/mol. The summed E-state index contributed by atoms with van der Waals surface area (Å²) in [4.78, 5) is 22.6. The molecule has 2 aromatic rings. The molecule has 8 heteroatoms. The highest BCUT2D eigenvalue weighted by molar-refractivity contribution is 6.43. The van der Waals surface area contributed by atoms with Crippen LogP contribution in [0.1, 0.15) is 17.8 Å². The topological polar surface area (TPSA) is 67.4 Å². The fourth-order valence-electron chi connectivity index (χ4n) is 4.23. The number of fused-ring (bicyclic) bond motifs is 1. The third-order valence-corrected chi connectivity index (χ3v) is 6.38. The quantitative estimate of drug-likeness (QED) is 0.827. The number of piperazine rings is 1. The summed E-state index contributed by atoms with van der Waals surface area (Å²) >= 11 is 12.5. The second kappa shape index (κ2) is 7.09. The van der Waals surface area contributed by atoms with E-state index in [1.165, 1.54) is 4.57 Å². The standard InChI is InChI=1S/C19H23Cl2N5O/c1-11-18(25-7-6-24-9-13(22)8-14(24)10-25)23-12(2)26(19(11)27)16-5-3-4-15(20)17(16)21/h3-5,13-14H,6-10,22H2,1-2H3. The minimum atomic E-state index is -0.118. The predicted octanol–water partition coefficient (Wildman–Crippen LogP) is 2.38. The molecule has 2 N–H and O–H groups in total. The van der Waals surface area contributed by atoms with Gasteiger partial charge in [0, 0.05) is 38.3 Å². The Morgan fingerprint density at radius 2 is 1.96 bits per heavy atom. The van der Waals surface area contributed by atoms with Crippen molar-refractivity contribution >= 4 is 29.0 Å². The molecule has 0 aliphatic carbocycles. The van der Waals surface area contributed by atoms with Crippen molar-refractivity contribution in [1.82, 2.24) is 14.5 Å². The molecule has 2 aliphatic heterocycles. The lowest BCUT2D eigenvalue weighted by Gasteiger charge is -2.38. The number of benzene rings is 1. The van der Waals surface area contributed by atoms with E-state index < -0.39 is 0 Å². The van der Waals surface area contributed by atoms with Crippen molar-refractivity contribution in [3.05, 3.63) is 50.0 Å². The van der Waals surface area contributed by atoms with Crippen molar-refractivity contribution in [3.8, 4) is 5.69 Å². The van der Waals surface area contributed by atoms with Crippen molar-refractivity contribution in [3.63, 3.8) is 0 Å². The van der Waals surface area contributed by atoms with E-state index in [0.29, 0.717) is 33.2 Å². The zero-order chi connectivity index (χ0) is 19.3. The molecule has 4 rings (SSSR count). The summed E-state index contributed by atoms with van der Waals surface area (Å²) in [5, 5.41) is 0.766. The fraction of sp³-hybridized carbons (Fsp3) is 0.474. The smallest absolute Gasteiger partial charge is 0.263 e. The van der Waals surface area contributed by atoms with Crippen molar-refractivity contribution in [2.45, 2.75) is 32.4 Å². The Morgan fingerprint density at radius 1 is 1.19 bits per heavy atom. The van der Waals surface area contributed by atoms with E-state index in [1.54, 1.807) is 18.2 Å². The molecule has 144 valence electrons. The highest BCUT2D eigenvalue weighted by Gasteiger charge is 2.35. The summed E-state index contributed by atoms with van der Waals surface area (Å²) in [6, 6.07) is 5.93. The van der Waals surface area contributed by atoms with Gasteiger partial charge in [-0.25, -0.2) is 4.98 Å². The summed E-state index contributed by atoms with van der Waals surface area (Å²) in [5.41, 5.74) is 7.17. The SMILES string of the molecule is Cc1c(N2CCN3CC(N)CC3C2)nc(C)n(-c2cccc(Cl)c2Cl)c1=O. The molecular formula is C19H23Cl2N5O. The average molecular weight is 408 g/mol. The van der Waals surface area contributed by atoms with Gasteiger partial charge in [0.1, 0.15) is 11.6 Å². The van der Waals surface area contributed by atoms with Crippen LogP contribution in [0.15, 0.2) is 23.0 Å². The molecule has 0 saturated carbocycles. The number of nitrogens with two attached hydrogens (primary N) is 1. The summed E-state index contributed by atoms with van der Waals surface area (Å²) in [5.74, 6) is 1.35. The molecule has 1 aromatic carbocycles. The second-order valence-corrected chi connectivity index (χ2v) is 8.20. The van der Waals surface area contributed by atoms with Crippen molar-refractivity contribution in [2.75, 3.05) is 31.1 Å². The molecule has 0 amide bonds. The van der Waals surface area contributed by atoms with Crippen LogP contribution in [0, 0.1) is 13.8 Å². The molecule has 0 radical (unpaired) electrons. The monoisotopic (exact) mass is 407 g/mol. The molecule has 27 heavy (non-hydrogen) atoms. The third-order valence-electron chi connectivity index (χ3n) is 5.57. The fourth-order valence-corrected chi connectivity index (χ4v) is 4.61. The molecule has 2 fully saturated rings. The minimum absolute atomic E-state index is 0.118.